The van der Waals surface area contributed by atoms with E-state index < -0.39 is 19.6 Å². The molecule has 52 heavy (non-hydrogen) atoms. The summed E-state index contributed by atoms with van der Waals surface area (Å²) in [7, 11) is 0. The fourth-order valence-electron chi connectivity index (χ4n) is 6.70. The number of hydrogen-bond acceptors (Lipinski definition) is 3. The number of para-hydroxylation sites is 4. The SMILES string of the molecule is CC(C)c1cccc(C(C)C)c1-n1c(-c2[c-]cccc2)nc2ccccc21.[2H]C([2H])([2H])c1cnc(-c2[c-]cc(C([2H])([2H])[2H])c3c2oc2ccccc23)cc1C([2H])(C)C.[Ir]. The van der Waals surface area contributed by atoms with Crippen LogP contribution in [0.1, 0.15) is 96.7 Å². The van der Waals surface area contributed by atoms with Gasteiger partial charge in [0.05, 0.1) is 22.4 Å². The minimum Gasteiger partial charge on any atom is -0.501 e. The van der Waals surface area contributed by atoms with E-state index in [-0.39, 0.29) is 31.2 Å². The summed E-state index contributed by atoms with van der Waals surface area (Å²) in [6.45, 7) is 7.48. The van der Waals surface area contributed by atoms with Gasteiger partial charge in [-0.2, -0.15) is 0 Å². The maximum Gasteiger partial charge on any atom is 0.120 e. The molecule has 0 N–H and O–H groups in total. The molecule has 5 heteroatoms. The molecule has 0 aliphatic carbocycles. The Kier molecular flexibility index (Phi) is 8.51. The Morgan fingerprint density at radius 2 is 1.48 bits per heavy atom. The zero-order valence-corrected chi connectivity index (χ0v) is 32.5. The number of pyridine rings is 1. The second-order valence-corrected chi connectivity index (χ2v) is 13.6. The Hall–Kier alpha value is -4.83. The van der Waals surface area contributed by atoms with Gasteiger partial charge in [-0.15, -0.1) is 53.6 Å². The number of benzene rings is 5. The van der Waals surface area contributed by atoms with Gasteiger partial charge in [-0.1, -0.05) is 114 Å². The zero-order chi connectivity index (χ0) is 41.7. The van der Waals surface area contributed by atoms with E-state index in [0.29, 0.717) is 50.6 Å². The monoisotopic (exact) mass is 867 g/mol. The van der Waals surface area contributed by atoms with Crippen LogP contribution in [0.4, 0.5) is 0 Å². The second kappa shape index (κ2) is 15.4. The van der Waals surface area contributed by atoms with Crippen molar-refractivity contribution in [1.29, 1.82) is 0 Å². The number of nitrogens with zero attached hydrogens (tertiary/aromatic N) is 3. The number of aryl methyl sites for hydroxylation is 2. The number of aromatic nitrogens is 3. The Balaban J connectivity index is 0.000000197. The summed E-state index contributed by atoms with van der Waals surface area (Å²) in [5, 5.41) is 1.12. The van der Waals surface area contributed by atoms with Gasteiger partial charge in [-0.3, -0.25) is 4.98 Å². The van der Waals surface area contributed by atoms with Gasteiger partial charge in [-0.25, -0.2) is 0 Å². The minimum absolute atomic E-state index is 0. The molecule has 8 aromatic rings. The number of imidazole rings is 1. The third-order valence-corrected chi connectivity index (χ3v) is 9.23. The van der Waals surface area contributed by atoms with Gasteiger partial charge >= 0.3 is 0 Å². The molecule has 8 rings (SSSR count). The first-order chi connectivity index (χ1) is 27.4. The maximum atomic E-state index is 8.43. The molecule has 0 bridgehead atoms. The van der Waals surface area contributed by atoms with E-state index in [0.717, 1.165) is 22.4 Å². The molecule has 265 valence electrons. The molecule has 4 nitrogen and oxygen atoms in total. The summed E-state index contributed by atoms with van der Waals surface area (Å²) >= 11 is 0. The number of hydrogen-bond donors (Lipinski definition) is 0. The summed E-state index contributed by atoms with van der Waals surface area (Å²) < 4.78 is 63.9. The number of fused-ring (bicyclic) bond motifs is 4. The van der Waals surface area contributed by atoms with E-state index in [9.17, 15) is 0 Å². The molecule has 0 unspecified atom stereocenters. The van der Waals surface area contributed by atoms with Crippen molar-refractivity contribution in [3.63, 3.8) is 0 Å². The van der Waals surface area contributed by atoms with Crippen molar-refractivity contribution in [1.82, 2.24) is 14.5 Å². The Morgan fingerprint density at radius 3 is 2.17 bits per heavy atom. The van der Waals surface area contributed by atoms with Crippen LogP contribution >= 0.6 is 0 Å². The Bertz CT molecular complexity index is 2730. The Morgan fingerprint density at radius 1 is 0.769 bits per heavy atom. The third kappa shape index (κ3) is 6.88. The first-order valence-electron chi connectivity index (χ1n) is 20.8. The van der Waals surface area contributed by atoms with Crippen LogP contribution in [-0.2, 0) is 20.1 Å². The van der Waals surface area contributed by atoms with Crippen LogP contribution in [0.2, 0.25) is 0 Å². The normalized spacial score (nSPS) is 14.1. The summed E-state index contributed by atoms with van der Waals surface area (Å²) in [4.78, 5) is 9.32. The van der Waals surface area contributed by atoms with E-state index >= 15 is 0 Å². The second-order valence-electron chi connectivity index (χ2n) is 13.6. The van der Waals surface area contributed by atoms with Crippen molar-refractivity contribution < 1.29 is 34.1 Å². The molecule has 0 atom stereocenters. The molecule has 5 aromatic carbocycles. The summed E-state index contributed by atoms with van der Waals surface area (Å²) in [5.41, 5.74) is 9.21. The van der Waals surface area contributed by atoms with Crippen LogP contribution in [0.25, 0.3) is 61.3 Å². The average molecular weight is 867 g/mol. The molecular formula is C47H45IrN3O-2. The Labute approximate surface area is 331 Å². The molecule has 0 spiro atoms. The van der Waals surface area contributed by atoms with Crippen molar-refractivity contribution in [3.05, 3.63) is 149 Å². The number of furan rings is 1. The molecular weight excluding hydrogens is 815 g/mol. The van der Waals surface area contributed by atoms with E-state index in [1.54, 1.807) is 44.2 Å². The van der Waals surface area contributed by atoms with Crippen LogP contribution in [0.3, 0.4) is 0 Å². The summed E-state index contributed by atoms with van der Waals surface area (Å²) in [5.74, 6) is 0.610. The van der Waals surface area contributed by atoms with Crippen molar-refractivity contribution in [3.8, 4) is 28.3 Å². The van der Waals surface area contributed by atoms with E-state index in [2.05, 4.69) is 97.9 Å². The maximum absolute atomic E-state index is 8.43. The van der Waals surface area contributed by atoms with Gasteiger partial charge in [0.25, 0.3) is 0 Å². The van der Waals surface area contributed by atoms with Crippen LogP contribution in [0.15, 0.2) is 114 Å². The fraction of sp³-hybridized carbons (Fsp3) is 0.234. The van der Waals surface area contributed by atoms with E-state index in [1.807, 2.05) is 18.2 Å². The van der Waals surface area contributed by atoms with Gasteiger partial charge in [0.2, 0.25) is 0 Å². The van der Waals surface area contributed by atoms with Crippen molar-refractivity contribution >= 4 is 33.0 Å². The molecule has 0 amide bonds. The minimum atomic E-state index is -2.41. The zero-order valence-electron chi connectivity index (χ0n) is 37.1. The third-order valence-electron chi connectivity index (χ3n) is 9.23. The van der Waals surface area contributed by atoms with Crippen LogP contribution < -0.4 is 0 Å². The molecule has 0 aliphatic heterocycles. The molecule has 0 saturated carbocycles. The van der Waals surface area contributed by atoms with Crippen LogP contribution in [0, 0.1) is 25.8 Å². The first kappa shape index (κ1) is 28.7. The van der Waals surface area contributed by atoms with Crippen molar-refractivity contribution in [2.24, 2.45) is 0 Å². The van der Waals surface area contributed by atoms with Gasteiger partial charge in [0.1, 0.15) is 5.58 Å². The van der Waals surface area contributed by atoms with Crippen molar-refractivity contribution in [2.45, 2.75) is 73.0 Å². The van der Waals surface area contributed by atoms with Crippen LogP contribution in [-0.4, -0.2) is 14.5 Å². The average Bonchev–Trinajstić information content (AvgIpc) is 3.76. The molecule has 0 saturated heterocycles. The number of rotatable bonds is 6. The van der Waals surface area contributed by atoms with E-state index in [1.165, 1.54) is 29.1 Å². The molecule has 1 radical (unpaired) electrons. The molecule has 0 fully saturated rings. The predicted molar refractivity (Wildman–Crippen MR) is 213 cm³/mol. The largest absolute Gasteiger partial charge is 0.501 e. The standard InChI is InChI=1S/C25H25N2.C22H20NO.Ir/c1-17(2)20-13-10-14-21(18(3)4)24(20)27-23-16-9-8-15-22(23)26-25(27)19-11-6-5-7-12-19;1-13(2)18-11-19(23-12-15(18)4)16-10-9-14(3)21-17-7-5-6-8-20(17)24-22(16)21;/h5-11,13-18H,1-4H3;5-9,11-13H,1-4H3;/q2*-1;/i;3D3,4D3,13D;. The predicted octanol–water partition coefficient (Wildman–Crippen LogP) is 12.9. The van der Waals surface area contributed by atoms with Gasteiger partial charge in [-0.05, 0) is 70.7 Å². The topological polar surface area (TPSA) is 43.9 Å². The first-order valence-corrected chi connectivity index (χ1v) is 17.3. The molecule has 3 aromatic heterocycles. The quantitative estimate of drug-likeness (QED) is 0.156. The molecule has 0 aliphatic rings. The summed E-state index contributed by atoms with van der Waals surface area (Å²) in [6, 6.07) is 39.6. The van der Waals surface area contributed by atoms with Crippen LogP contribution in [0.5, 0.6) is 0 Å². The molecule has 3 heterocycles. The van der Waals surface area contributed by atoms with Gasteiger partial charge in [0, 0.05) is 47.0 Å². The van der Waals surface area contributed by atoms with Gasteiger partial charge < -0.3 is 14.0 Å². The smallest absolute Gasteiger partial charge is 0.120 e. The summed E-state index contributed by atoms with van der Waals surface area (Å²) in [6.07, 6.45) is 1.26. The van der Waals surface area contributed by atoms with E-state index in [4.69, 9.17) is 19.0 Å². The fourth-order valence-corrected chi connectivity index (χ4v) is 6.70. The van der Waals surface area contributed by atoms with Gasteiger partial charge in [0.15, 0.2) is 0 Å². The van der Waals surface area contributed by atoms with Crippen molar-refractivity contribution in [2.75, 3.05) is 0 Å².